The van der Waals surface area contributed by atoms with Gasteiger partial charge >= 0.3 is 5.97 Å². The van der Waals surface area contributed by atoms with Gasteiger partial charge in [-0.3, -0.25) is 4.79 Å². The molecule has 1 rings (SSSR count). The van der Waals surface area contributed by atoms with Gasteiger partial charge in [-0.25, -0.2) is 0 Å². The van der Waals surface area contributed by atoms with Crippen molar-refractivity contribution < 1.29 is 9.90 Å². The molecule has 0 aromatic rings. The van der Waals surface area contributed by atoms with Crippen LogP contribution in [0.15, 0.2) is 0 Å². The van der Waals surface area contributed by atoms with Crippen molar-refractivity contribution in [1.29, 1.82) is 5.41 Å². The number of aliphatic carboxylic acids is 1. The second-order valence-corrected chi connectivity index (χ2v) is 4.19. The zero-order valence-corrected chi connectivity index (χ0v) is 8.54. The van der Waals surface area contributed by atoms with Crippen LogP contribution in [0.4, 0.5) is 0 Å². The van der Waals surface area contributed by atoms with Crippen LogP contribution in [0.3, 0.4) is 0 Å². The summed E-state index contributed by atoms with van der Waals surface area (Å²) in [6.45, 7) is 0. The minimum atomic E-state index is -0.858. The van der Waals surface area contributed by atoms with Crippen LogP contribution < -0.4 is 0 Å². The van der Waals surface area contributed by atoms with Crippen LogP contribution in [-0.2, 0) is 4.79 Å². The predicted molar refractivity (Wildman–Crippen MR) is 55.7 cm³/mol. The third-order valence-electron chi connectivity index (χ3n) is 3.12. The Hall–Kier alpha value is -0.860. The minimum absolute atomic E-state index is 0.559. The summed E-state index contributed by atoms with van der Waals surface area (Å²) < 4.78 is 0. The molecule has 0 aromatic heterocycles. The molecule has 1 aliphatic rings. The second-order valence-electron chi connectivity index (χ2n) is 4.19. The molecule has 0 radical (unpaired) electrons. The zero-order valence-electron chi connectivity index (χ0n) is 8.54. The van der Waals surface area contributed by atoms with E-state index in [0.717, 1.165) is 25.0 Å². The van der Waals surface area contributed by atoms with Crippen molar-refractivity contribution in [3.63, 3.8) is 0 Å². The molecule has 3 nitrogen and oxygen atoms in total. The number of carboxylic acids is 1. The van der Waals surface area contributed by atoms with Crippen molar-refractivity contribution in [2.24, 2.45) is 11.8 Å². The highest BCUT2D eigenvalue weighted by Gasteiger charge is 2.17. The standard InChI is InChI=1S/C11H19NO2/c12-8-10(11(13)14)7-2-1-4-9-5-3-6-9/h8-10,12H,1-7H2,(H,13,14). The minimum Gasteiger partial charge on any atom is -0.481 e. The van der Waals surface area contributed by atoms with E-state index < -0.39 is 11.9 Å². The van der Waals surface area contributed by atoms with Gasteiger partial charge in [0.15, 0.2) is 0 Å². The summed E-state index contributed by atoms with van der Waals surface area (Å²) in [5.74, 6) is -0.502. The average molecular weight is 197 g/mol. The molecule has 1 aliphatic carbocycles. The molecule has 1 saturated carbocycles. The third-order valence-corrected chi connectivity index (χ3v) is 3.12. The molecule has 3 heteroatoms. The Morgan fingerprint density at radius 2 is 2.21 bits per heavy atom. The monoisotopic (exact) mass is 197 g/mol. The largest absolute Gasteiger partial charge is 0.481 e. The van der Waals surface area contributed by atoms with Gasteiger partial charge in [0.2, 0.25) is 0 Å². The summed E-state index contributed by atoms with van der Waals surface area (Å²) in [7, 11) is 0. The van der Waals surface area contributed by atoms with Gasteiger partial charge in [-0.15, -0.1) is 0 Å². The van der Waals surface area contributed by atoms with Crippen LogP contribution in [0.5, 0.6) is 0 Å². The van der Waals surface area contributed by atoms with E-state index in [4.69, 9.17) is 10.5 Å². The van der Waals surface area contributed by atoms with Gasteiger partial charge in [0.05, 0.1) is 5.92 Å². The zero-order chi connectivity index (χ0) is 10.4. The fourth-order valence-electron chi connectivity index (χ4n) is 1.86. The number of hydrogen-bond donors (Lipinski definition) is 2. The Morgan fingerprint density at radius 3 is 2.64 bits per heavy atom. The SMILES string of the molecule is N=CC(CCCCC1CCC1)C(=O)O. The van der Waals surface area contributed by atoms with Gasteiger partial charge in [0.1, 0.15) is 0 Å². The normalized spacial score (nSPS) is 18.6. The topological polar surface area (TPSA) is 61.2 Å². The van der Waals surface area contributed by atoms with Crippen molar-refractivity contribution in [2.75, 3.05) is 0 Å². The third kappa shape index (κ3) is 3.48. The Labute approximate surface area is 85.0 Å². The Bertz CT molecular complexity index is 199. The maximum absolute atomic E-state index is 10.6. The van der Waals surface area contributed by atoms with E-state index in [9.17, 15) is 4.79 Å². The van der Waals surface area contributed by atoms with Crippen LogP contribution in [-0.4, -0.2) is 17.3 Å². The summed E-state index contributed by atoms with van der Waals surface area (Å²) >= 11 is 0. The lowest BCUT2D eigenvalue weighted by atomic mass is 9.81. The van der Waals surface area contributed by atoms with Crippen molar-refractivity contribution in [1.82, 2.24) is 0 Å². The Morgan fingerprint density at radius 1 is 1.50 bits per heavy atom. The highest BCUT2D eigenvalue weighted by atomic mass is 16.4. The van der Waals surface area contributed by atoms with E-state index >= 15 is 0 Å². The lowest BCUT2D eigenvalue weighted by molar-refractivity contribution is -0.139. The van der Waals surface area contributed by atoms with Crippen molar-refractivity contribution in [3.8, 4) is 0 Å². The summed E-state index contributed by atoms with van der Waals surface area (Å²) in [6, 6.07) is 0. The molecule has 0 heterocycles. The van der Waals surface area contributed by atoms with Crippen LogP contribution in [0.1, 0.15) is 44.9 Å². The van der Waals surface area contributed by atoms with Crippen LogP contribution in [0.2, 0.25) is 0 Å². The molecule has 0 aromatic carbocycles. The molecule has 0 saturated heterocycles. The van der Waals surface area contributed by atoms with Gasteiger partial charge in [-0.05, 0) is 12.3 Å². The molecular formula is C11H19NO2. The highest BCUT2D eigenvalue weighted by molar-refractivity contribution is 5.87. The fourth-order valence-corrected chi connectivity index (χ4v) is 1.86. The van der Waals surface area contributed by atoms with Gasteiger partial charge in [-0.1, -0.05) is 38.5 Å². The maximum atomic E-state index is 10.6. The molecule has 2 N–H and O–H groups in total. The van der Waals surface area contributed by atoms with Gasteiger partial charge in [0, 0.05) is 6.21 Å². The predicted octanol–water partition coefficient (Wildman–Crippen LogP) is 2.70. The molecule has 0 spiro atoms. The summed E-state index contributed by atoms with van der Waals surface area (Å²) in [6.07, 6.45) is 9.12. The summed E-state index contributed by atoms with van der Waals surface area (Å²) in [5, 5.41) is 15.6. The Balaban J connectivity index is 2.00. The molecule has 1 fully saturated rings. The summed E-state index contributed by atoms with van der Waals surface area (Å²) in [4.78, 5) is 10.6. The van der Waals surface area contributed by atoms with E-state index in [1.807, 2.05) is 0 Å². The van der Waals surface area contributed by atoms with Gasteiger partial charge in [-0.2, -0.15) is 0 Å². The number of carbonyl (C=O) groups is 1. The molecule has 80 valence electrons. The van der Waals surface area contributed by atoms with E-state index in [1.54, 1.807) is 0 Å². The van der Waals surface area contributed by atoms with Crippen molar-refractivity contribution in [2.45, 2.75) is 44.9 Å². The average Bonchev–Trinajstić information content (AvgIpc) is 2.07. The first-order valence-corrected chi connectivity index (χ1v) is 5.47. The van der Waals surface area contributed by atoms with E-state index in [0.29, 0.717) is 6.42 Å². The smallest absolute Gasteiger partial charge is 0.311 e. The quantitative estimate of drug-likeness (QED) is 0.487. The van der Waals surface area contributed by atoms with E-state index in [-0.39, 0.29) is 0 Å². The second kappa shape index (κ2) is 5.78. The first kappa shape index (κ1) is 11.2. The first-order valence-electron chi connectivity index (χ1n) is 5.47. The molecule has 14 heavy (non-hydrogen) atoms. The van der Waals surface area contributed by atoms with Crippen LogP contribution in [0, 0.1) is 17.2 Å². The summed E-state index contributed by atoms with van der Waals surface area (Å²) in [5.41, 5.74) is 0. The lowest BCUT2D eigenvalue weighted by Gasteiger charge is -2.25. The van der Waals surface area contributed by atoms with E-state index in [1.165, 1.54) is 25.7 Å². The van der Waals surface area contributed by atoms with Crippen LogP contribution >= 0.6 is 0 Å². The van der Waals surface area contributed by atoms with Crippen LogP contribution in [0.25, 0.3) is 0 Å². The number of hydrogen-bond acceptors (Lipinski definition) is 2. The molecule has 0 bridgehead atoms. The van der Waals surface area contributed by atoms with Crippen molar-refractivity contribution >= 4 is 12.2 Å². The highest BCUT2D eigenvalue weighted by Crippen LogP contribution is 2.31. The van der Waals surface area contributed by atoms with Gasteiger partial charge < -0.3 is 10.5 Å². The number of unbranched alkanes of at least 4 members (excludes halogenated alkanes) is 1. The van der Waals surface area contributed by atoms with E-state index in [2.05, 4.69) is 0 Å². The Kier molecular flexibility index (Phi) is 4.63. The maximum Gasteiger partial charge on any atom is 0.311 e. The number of nitrogens with one attached hydrogen (secondary N) is 1. The number of rotatable bonds is 7. The molecule has 1 atom stereocenters. The molecule has 0 aliphatic heterocycles. The molecule has 0 amide bonds. The molecular weight excluding hydrogens is 178 g/mol. The molecule has 1 unspecified atom stereocenters. The lowest BCUT2D eigenvalue weighted by Crippen LogP contribution is -2.15. The van der Waals surface area contributed by atoms with Crippen molar-refractivity contribution in [3.05, 3.63) is 0 Å². The number of carboxylic acid groups (broad SMARTS) is 1. The fraction of sp³-hybridized carbons (Fsp3) is 0.818. The van der Waals surface area contributed by atoms with Gasteiger partial charge in [0.25, 0.3) is 0 Å². The first-order chi connectivity index (χ1) is 6.74.